The smallest absolute Gasteiger partial charge is 0.246 e. The molecular weight excluding hydrogens is 581 g/mol. The van der Waals surface area contributed by atoms with Crippen LogP contribution in [0.25, 0.3) is 11.1 Å². The number of nitrogens with zero attached hydrogens (tertiary/aromatic N) is 1. The third-order valence-corrected chi connectivity index (χ3v) is 8.70. The molecule has 3 aromatic rings. The van der Waals surface area contributed by atoms with E-state index in [1.54, 1.807) is 18.3 Å². The molecule has 0 radical (unpaired) electrons. The molecule has 1 spiro atoms. The molecule has 1 saturated carbocycles. The van der Waals surface area contributed by atoms with Crippen molar-refractivity contribution >= 4 is 17.5 Å². The van der Waals surface area contributed by atoms with Crippen molar-refractivity contribution in [2.45, 2.75) is 83.1 Å². The second kappa shape index (κ2) is 13.5. The summed E-state index contributed by atoms with van der Waals surface area (Å²) in [7, 11) is 1.44. The number of ether oxygens (including phenoxy) is 2. The van der Waals surface area contributed by atoms with Gasteiger partial charge in [-0.05, 0) is 84.5 Å². The van der Waals surface area contributed by atoms with E-state index in [4.69, 9.17) is 21.1 Å². The molecule has 44 heavy (non-hydrogen) atoms. The lowest BCUT2D eigenvalue weighted by Crippen LogP contribution is -2.52. The topological polar surface area (TPSA) is 92.7 Å². The lowest BCUT2D eigenvalue weighted by Gasteiger charge is -2.49. The zero-order valence-electron chi connectivity index (χ0n) is 26.0. The van der Waals surface area contributed by atoms with Gasteiger partial charge in [0.2, 0.25) is 5.91 Å². The SMILES string of the molecule is COCC(=O)N[C@@H](Cc1cccc(F)c1)[C@@H](O)CN[C@H]1CC2(CCC2)Oc2c(-c3ccnc(Cl)c3)cc(CC(C)(C)C)cc21. The maximum absolute atomic E-state index is 14.0. The summed E-state index contributed by atoms with van der Waals surface area (Å²) in [5.74, 6) is 0.136. The summed E-state index contributed by atoms with van der Waals surface area (Å²) in [5, 5.41) is 18.4. The van der Waals surface area contributed by atoms with Gasteiger partial charge in [0.1, 0.15) is 28.9 Å². The maximum Gasteiger partial charge on any atom is 0.246 e. The zero-order chi connectivity index (χ0) is 31.5. The second-order valence-corrected chi connectivity index (χ2v) is 13.9. The minimum absolute atomic E-state index is 0.0653. The first-order valence-corrected chi connectivity index (χ1v) is 15.7. The van der Waals surface area contributed by atoms with Crippen LogP contribution in [-0.4, -0.2) is 54.0 Å². The van der Waals surface area contributed by atoms with Gasteiger partial charge in [-0.25, -0.2) is 9.37 Å². The lowest BCUT2D eigenvalue weighted by molar-refractivity contribution is -0.126. The van der Waals surface area contributed by atoms with Crippen LogP contribution in [0.2, 0.25) is 5.15 Å². The number of aliphatic hydroxyl groups is 1. The molecule has 9 heteroatoms. The van der Waals surface area contributed by atoms with E-state index in [9.17, 15) is 14.3 Å². The monoisotopic (exact) mass is 623 g/mol. The van der Waals surface area contributed by atoms with Crippen LogP contribution in [0.15, 0.2) is 54.7 Å². The molecule has 2 aliphatic rings. The lowest BCUT2D eigenvalue weighted by atomic mass is 9.72. The van der Waals surface area contributed by atoms with E-state index >= 15 is 0 Å². The molecule has 1 aliphatic heterocycles. The number of halogens is 2. The number of carbonyl (C=O) groups excluding carboxylic acids is 1. The molecule has 7 nitrogen and oxygen atoms in total. The number of amides is 1. The molecule has 0 bridgehead atoms. The highest BCUT2D eigenvalue weighted by Crippen LogP contribution is 2.52. The Morgan fingerprint density at radius 2 is 2.00 bits per heavy atom. The van der Waals surface area contributed by atoms with Gasteiger partial charge in [0.15, 0.2) is 0 Å². The molecule has 3 N–H and O–H groups in total. The number of hydrogen-bond acceptors (Lipinski definition) is 6. The van der Waals surface area contributed by atoms with E-state index in [1.165, 1.54) is 24.8 Å². The van der Waals surface area contributed by atoms with E-state index in [1.807, 2.05) is 12.1 Å². The van der Waals surface area contributed by atoms with Crippen molar-refractivity contribution in [3.05, 3.63) is 82.4 Å². The Bertz CT molecular complexity index is 1470. The largest absolute Gasteiger partial charge is 0.486 e. The highest BCUT2D eigenvalue weighted by molar-refractivity contribution is 6.29. The zero-order valence-corrected chi connectivity index (χ0v) is 26.7. The first-order chi connectivity index (χ1) is 20.9. The highest BCUT2D eigenvalue weighted by Gasteiger charge is 2.46. The molecule has 5 rings (SSSR count). The van der Waals surface area contributed by atoms with E-state index in [0.29, 0.717) is 10.7 Å². The quantitative estimate of drug-likeness (QED) is 0.220. The van der Waals surface area contributed by atoms with Gasteiger partial charge in [0.25, 0.3) is 0 Å². The number of pyridine rings is 1. The molecule has 0 saturated heterocycles. The Hall–Kier alpha value is -3.04. The fraction of sp³-hybridized carbons (Fsp3) is 0.486. The third-order valence-electron chi connectivity index (χ3n) is 8.49. The third kappa shape index (κ3) is 7.96. The molecule has 236 valence electrons. The van der Waals surface area contributed by atoms with E-state index in [0.717, 1.165) is 54.5 Å². The summed E-state index contributed by atoms with van der Waals surface area (Å²) in [6.07, 6.45) is 5.70. The van der Waals surface area contributed by atoms with Gasteiger partial charge in [-0.3, -0.25) is 4.79 Å². The van der Waals surface area contributed by atoms with Crippen LogP contribution in [0.3, 0.4) is 0 Å². The minimum Gasteiger partial charge on any atom is -0.486 e. The van der Waals surface area contributed by atoms with Crippen LogP contribution in [0.5, 0.6) is 5.75 Å². The van der Waals surface area contributed by atoms with Crippen LogP contribution in [-0.2, 0) is 22.4 Å². The molecule has 2 aromatic carbocycles. The molecule has 0 unspecified atom stereocenters. The summed E-state index contributed by atoms with van der Waals surface area (Å²) in [5.41, 5.74) is 4.64. The van der Waals surface area contributed by atoms with E-state index < -0.39 is 12.1 Å². The maximum atomic E-state index is 14.0. The fourth-order valence-electron chi connectivity index (χ4n) is 6.37. The average molecular weight is 624 g/mol. The molecule has 2 heterocycles. The Kier molecular flexibility index (Phi) is 9.95. The van der Waals surface area contributed by atoms with Gasteiger partial charge in [0.05, 0.1) is 12.1 Å². The number of aromatic nitrogens is 1. The second-order valence-electron chi connectivity index (χ2n) is 13.5. The Balaban J connectivity index is 1.46. The van der Waals surface area contributed by atoms with Crippen molar-refractivity contribution in [2.24, 2.45) is 5.41 Å². The summed E-state index contributed by atoms with van der Waals surface area (Å²) in [6, 6.07) is 13.7. The Morgan fingerprint density at radius 3 is 2.66 bits per heavy atom. The van der Waals surface area contributed by atoms with Crippen molar-refractivity contribution in [3.8, 4) is 16.9 Å². The molecular formula is C35H43ClFN3O4. The fourth-order valence-corrected chi connectivity index (χ4v) is 6.54. The van der Waals surface area contributed by atoms with Crippen molar-refractivity contribution in [3.63, 3.8) is 0 Å². The van der Waals surface area contributed by atoms with Gasteiger partial charge >= 0.3 is 0 Å². The van der Waals surface area contributed by atoms with Crippen molar-refractivity contribution < 1.29 is 23.8 Å². The van der Waals surface area contributed by atoms with Crippen LogP contribution < -0.4 is 15.4 Å². The van der Waals surface area contributed by atoms with Gasteiger partial charge < -0.3 is 25.2 Å². The molecule has 1 aliphatic carbocycles. The summed E-state index contributed by atoms with van der Waals surface area (Å²) in [6.45, 7) is 6.75. The number of methoxy groups -OCH3 is 1. The molecule has 3 atom stereocenters. The number of nitrogens with one attached hydrogen (secondary N) is 2. The van der Waals surface area contributed by atoms with Gasteiger partial charge in [-0.2, -0.15) is 0 Å². The van der Waals surface area contributed by atoms with Crippen LogP contribution in [0, 0.1) is 11.2 Å². The number of hydrogen-bond donors (Lipinski definition) is 3. The predicted octanol–water partition coefficient (Wildman–Crippen LogP) is 6.20. The predicted molar refractivity (Wildman–Crippen MR) is 170 cm³/mol. The normalized spacial score (nSPS) is 18.6. The highest BCUT2D eigenvalue weighted by atomic mass is 35.5. The molecule has 1 amide bonds. The van der Waals surface area contributed by atoms with Gasteiger partial charge in [-0.1, -0.05) is 50.6 Å². The van der Waals surface area contributed by atoms with E-state index in [2.05, 4.69) is 48.5 Å². The summed E-state index contributed by atoms with van der Waals surface area (Å²) < 4.78 is 25.8. The molecule has 1 fully saturated rings. The first kappa shape index (κ1) is 32.4. The summed E-state index contributed by atoms with van der Waals surface area (Å²) >= 11 is 6.33. The number of rotatable bonds is 11. The van der Waals surface area contributed by atoms with Crippen LogP contribution in [0.4, 0.5) is 4.39 Å². The number of aliphatic hydroxyl groups excluding tert-OH is 1. The van der Waals surface area contributed by atoms with Gasteiger partial charge in [-0.15, -0.1) is 0 Å². The van der Waals surface area contributed by atoms with E-state index in [-0.39, 0.29) is 48.4 Å². The standard InChI is InChI=1S/C35H43ClFN3O4/c1-34(2,3)18-23-14-26(24-9-12-38-31(36)17-24)33-27(15-23)29(19-35(44-33)10-6-11-35)39-20-30(41)28(40-32(42)21-43-4)16-22-7-5-8-25(37)13-22/h5,7-9,12-15,17,28-30,39,41H,6,10-11,16,18-21H2,1-4H3,(H,40,42)/t28-,29-,30-/m0/s1. The minimum atomic E-state index is -0.945. The summed E-state index contributed by atoms with van der Waals surface area (Å²) in [4.78, 5) is 16.7. The van der Waals surface area contributed by atoms with Crippen molar-refractivity contribution in [2.75, 3.05) is 20.3 Å². The van der Waals surface area contributed by atoms with Crippen molar-refractivity contribution in [1.82, 2.24) is 15.6 Å². The van der Waals surface area contributed by atoms with Crippen LogP contribution in [0.1, 0.15) is 69.2 Å². The van der Waals surface area contributed by atoms with Crippen molar-refractivity contribution in [1.29, 1.82) is 0 Å². The van der Waals surface area contributed by atoms with Gasteiger partial charge in [0, 0.05) is 43.4 Å². The Morgan fingerprint density at radius 1 is 1.20 bits per heavy atom. The first-order valence-electron chi connectivity index (χ1n) is 15.4. The Labute approximate surface area is 264 Å². The number of fused-ring (bicyclic) bond motifs is 1. The van der Waals surface area contributed by atoms with Crippen LogP contribution >= 0.6 is 11.6 Å². The number of benzene rings is 2. The number of carbonyl (C=O) groups is 1. The molecule has 1 aromatic heterocycles. The average Bonchev–Trinajstić information content (AvgIpc) is 2.93.